The maximum atomic E-state index is 14.9. The van der Waals surface area contributed by atoms with Gasteiger partial charge in [-0.2, -0.15) is 5.10 Å². The van der Waals surface area contributed by atoms with Crippen LogP contribution in [0.3, 0.4) is 0 Å². The maximum Gasteiger partial charge on any atom is 0.187 e. The number of carbonyl (C=O) groups excluding carboxylic acids is 3. The fourth-order valence-corrected chi connectivity index (χ4v) is 16.4. The fraction of sp³-hybridized carbons (Fsp3) is 0.174. The van der Waals surface area contributed by atoms with E-state index in [0.29, 0.717) is 68.5 Å². The number of aryl methyl sites for hydroxylation is 3. The molecule has 0 saturated heterocycles. The third kappa shape index (κ3) is 16.9. The van der Waals surface area contributed by atoms with Crippen molar-refractivity contribution in [3.63, 3.8) is 0 Å². The van der Waals surface area contributed by atoms with Gasteiger partial charge in [-0.25, -0.2) is 42.8 Å². The highest BCUT2D eigenvalue weighted by Crippen LogP contribution is 2.35. The highest BCUT2D eigenvalue weighted by molar-refractivity contribution is 9.10. The van der Waals surface area contributed by atoms with Crippen LogP contribution in [0.5, 0.6) is 0 Å². The van der Waals surface area contributed by atoms with E-state index in [2.05, 4.69) is 41.6 Å². The van der Waals surface area contributed by atoms with E-state index in [4.69, 9.17) is 36.8 Å². The van der Waals surface area contributed by atoms with E-state index in [1.54, 1.807) is 75.8 Å². The van der Waals surface area contributed by atoms with Crippen molar-refractivity contribution in [3.8, 4) is 11.1 Å². The van der Waals surface area contributed by atoms with Gasteiger partial charge in [0.25, 0.3) is 0 Å². The van der Waals surface area contributed by atoms with Crippen LogP contribution in [0.2, 0.25) is 10.0 Å². The minimum absolute atomic E-state index is 0.0689. The molecule has 0 amide bonds. The Morgan fingerprint density at radius 2 is 0.929 bits per heavy atom. The second-order valence-electron chi connectivity index (χ2n) is 23.2. The van der Waals surface area contributed by atoms with E-state index in [9.17, 15) is 57.2 Å². The number of para-hydroxylation sites is 1. The summed E-state index contributed by atoms with van der Waals surface area (Å²) in [4.78, 5) is 36.7. The number of nitrogens with zero attached hydrogens (tertiary/aromatic N) is 7. The van der Waals surface area contributed by atoms with E-state index in [-0.39, 0.29) is 68.8 Å². The molecule has 7 aromatic heterocycles. The summed E-state index contributed by atoms with van der Waals surface area (Å²) in [5, 5.41) is 18.8. The van der Waals surface area contributed by atoms with Crippen LogP contribution in [0.15, 0.2) is 197 Å². The lowest BCUT2D eigenvalue weighted by molar-refractivity contribution is -0.117. The number of Topliss-reactive ketones (excluding diaryl/α,β-unsaturated/α-hetero) is 3. The lowest BCUT2D eigenvalue weighted by Crippen LogP contribution is -2.18. The highest BCUT2D eigenvalue weighted by Gasteiger charge is 2.31. The van der Waals surface area contributed by atoms with E-state index in [1.807, 2.05) is 65.2 Å². The Balaban J connectivity index is 0.000000151. The smallest absolute Gasteiger partial charge is 0.187 e. The largest absolute Gasteiger partial charge is 0.361 e. The van der Waals surface area contributed by atoms with Crippen molar-refractivity contribution in [1.29, 1.82) is 0 Å². The molecule has 510 valence electrons. The zero-order valence-electron chi connectivity index (χ0n) is 52.4. The summed E-state index contributed by atoms with van der Waals surface area (Å²) in [5.41, 5.74) is 6.10. The Kier molecular flexibility index (Phi) is 21.1. The van der Waals surface area contributed by atoms with Gasteiger partial charge < -0.3 is 27.3 Å². The van der Waals surface area contributed by atoms with Crippen LogP contribution < -0.4 is 0 Å². The number of fused-ring (bicyclic) bond motifs is 3. The summed E-state index contributed by atoms with van der Waals surface area (Å²) in [6.45, 7) is 5.74. The van der Waals surface area contributed by atoms with Crippen LogP contribution in [0, 0.1) is 44.0 Å². The van der Waals surface area contributed by atoms with Crippen LogP contribution >= 0.6 is 39.1 Å². The van der Waals surface area contributed by atoms with Gasteiger partial charge in [-0.1, -0.05) is 109 Å². The normalized spacial score (nSPS) is 11.9. The molecule has 13 rings (SSSR count). The summed E-state index contributed by atoms with van der Waals surface area (Å²) in [7, 11) is -12.3. The Labute approximate surface area is 581 Å². The number of aromatic amines is 1. The molecule has 7 heterocycles. The van der Waals surface area contributed by atoms with Crippen LogP contribution in [0.1, 0.15) is 51.1 Å². The molecular formula is C69H55BrCl2F4N8O12S3. The first-order chi connectivity index (χ1) is 47.0. The lowest BCUT2D eigenvalue weighted by Gasteiger charge is -2.07. The number of carbonyl (C=O) groups is 3. The molecule has 6 aromatic carbocycles. The average Bonchev–Trinajstić information content (AvgIpc) is 1.63. The number of nitrogens with one attached hydrogen (secondary N) is 1. The monoisotopic (exact) mass is 1510 g/mol. The van der Waals surface area contributed by atoms with E-state index >= 15 is 0 Å². The molecular weight excluding hydrogens is 1460 g/mol. The van der Waals surface area contributed by atoms with Crippen molar-refractivity contribution in [1.82, 2.24) is 39.4 Å². The van der Waals surface area contributed by atoms with Gasteiger partial charge in [0.15, 0.2) is 46.9 Å². The number of ketones is 3. The quantitative estimate of drug-likeness (QED) is 0.0617. The van der Waals surface area contributed by atoms with Crippen molar-refractivity contribution in [3.05, 3.63) is 253 Å². The predicted octanol–water partition coefficient (Wildman–Crippen LogP) is 13.7. The Morgan fingerprint density at radius 3 is 1.38 bits per heavy atom. The van der Waals surface area contributed by atoms with Crippen molar-refractivity contribution in [2.45, 2.75) is 74.4 Å². The molecule has 0 saturated carbocycles. The average molecular weight is 1510 g/mol. The number of halogens is 7. The molecule has 0 spiro atoms. The molecule has 13 aromatic rings. The van der Waals surface area contributed by atoms with Gasteiger partial charge in [0.05, 0.1) is 89.1 Å². The molecule has 0 bridgehead atoms. The van der Waals surface area contributed by atoms with Gasteiger partial charge in [0.2, 0.25) is 0 Å². The molecule has 0 fully saturated rings. The van der Waals surface area contributed by atoms with Gasteiger partial charge in [0, 0.05) is 95.7 Å². The van der Waals surface area contributed by atoms with Gasteiger partial charge in [-0.3, -0.25) is 19.5 Å². The third-order valence-corrected chi connectivity index (χ3v) is 21.7. The van der Waals surface area contributed by atoms with Crippen LogP contribution in [0.4, 0.5) is 17.6 Å². The molecule has 0 atom stereocenters. The van der Waals surface area contributed by atoms with E-state index in [0.717, 1.165) is 49.9 Å². The van der Waals surface area contributed by atoms with Crippen molar-refractivity contribution >= 4 is 119 Å². The van der Waals surface area contributed by atoms with Crippen LogP contribution in [-0.2, 0) is 82.8 Å². The number of hydrogen-bond acceptors (Lipinski definition) is 16. The molecule has 0 aliphatic carbocycles. The van der Waals surface area contributed by atoms with E-state index < -0.39 is 87.4 Å². The van der Waals surface area contributed by atoms with E-state index in [1.165, 1.54) is 33.7 Å². The van der Waals surface area contributed by atoms with Gasteiger partial charge >= 0.3 is 0 Å². The topological polar surface area (TPSA) is 275 Å². The molecule has 99 heavy (non-hydrogen) atoms. The second kappa shape index (κ2) is 29.5. The molecule has 0 radical (unpaired) electrons. The summed E-state index contributed by atoms with van der Waals surface area (Å²) in [6.07, 6.45) is 6.89. The zero-order chi connectivity index (χ0) is 70.7. The third-order valence-electron chi connectivity index (χ3n) is 15.4. The van der Waals surface area contributed by atoms with Crippen LogP contribution in [-0.4, -0.2) is 99.2 Å². The maximum absolute atomic E-state index is 14.9. The van der Waals surface area contributed by atoms with Crippen molar-refractivity contribution in [2.75, 3.05) is 17.3 Å². The number of rotatable bonds is 22. The predicted molar refractivity (Wildman–Crippen MR) is 364 cm³/mol. The van der Waals surface area contributed by atoms with Gasteiger partial charge in [-0.05, 0) is 91.6 Å². The first kappa shape index (κ1) is 70.7. The SMILES string of the molecule is Cc1cc(CC(=O)CS(=O)(=O)c2cn(Cc3ccc(Cl)c(Cl)c3)c3ccccc23)no1.Cc1cc(CC(=O)CS(=O)(=O)c2cn(Cc3cccc(-c4cn[nH]c4)c3)c3cc(F)cc(F)c23)no1.Cc1cc(CC(=O)CS(=O)(=O)c2cn(Cc3cccc(Br)c3)c3cc(F)cc(F)c23)no1. The standard InChI is InChI=1S/C25H20F2N4O4S.C22H17BrF2N2O4S.C22H18Cl2N2O4S/c1-15-5-20(30-35-15)9-21(32)14-36(33,34)24-13-31(23-8-19(26)7-22(27)25(23)24)12-16-3-2-4-17(6-16)18-10-28-29-11-18;1-13-5-17(26-31-13)9-18(28)12-32(29,30)21-11-27(10-14-3-2-4-15(23)6-14)20-8-16(24)7-19(25)22(20)21;1-14-8-16(25-30-14)10-17(27)13-31(28,29)22-12-26(21-5-3-2-4-18(21)22)11-15-6-7-19(23)20(24)9-15/h2-8,10-11,13H,9,12,14H2,1H3,(H,28,29);2-8,11H,9-10,12H2,1H3;2-9,12H,10-11,13H2,1H3. The summed E-state index contributed by atoms with van der Waals surface area (Å²) in [6, 6.07) is 35.2. The number of hydrogen-bond donors (Lipinski definition) is 1. The molecule has 0 aliphatic heterocycles. The number of aromatic nitrogens is 8. The minimum atomic E-state index is -4.25. The fourth-order valence-electron chi connectivity index (χ4n) is 11.2. The Bertz CT molecular complexity index is 5610. The first-order valence-electron chi connectivity index (χ1n) is 29.8. The first-order valence-corrected chi connectivity index (χ1v) is 36.4. The van der Waals surface area contributed by atoms with Crippen molar-refractivity contribution < 1.29 is 70.8 Å². The number of sulfone groups is 3. The van der Waals surface area contributed by atoms with Gasteiger partial charge in [0.1, 0.15) is 57.8 Å². The summed E-state index contributed by atoms with van der Waals surface area (Å²) < 4.78 is 157. The molecule has 1 N–H and O–H groups in total. The minimum Gasteiger partial charge on any atom is -0.361 e. The number of benzene rings is 6. The molecule has 0 aliphatic rings. The van der Waals surface area contributed by atoms with Crippen molar-refractivity contribution in [2.24, 2.45) is 0 Å². The number of H-pyrrole nitrogens is 1. The summed E-state index contributed by atoms with van der Waals surface area (Å²) >= 11 is 15.5. The Morgan fingerprint density at radius 1 is 0.485 bits per heavy atom. The zero-order valence-corrected chi connectivity index (χ0v) is 57.9. The van der Waals surface area contributed by atoms with Gasteiger partial charge in [-0.15, -0.1) is 0 Å². The summed E-state index contributed by atoms with van der Waals surface area (Å²) in [5.74, 6) is -6.15. The lowest BCUT2D eigenvalue weighted by atomic mass is 10.1. The second-order valence-corrected chi connectivity index (χ2v) is 30.8. The molecule has 0 unspecified atom stereocenters. The Hall–Kier alpha value is -9.58. The van der Waals surface area contributed by atoms with Crippen LogP contribution in [0.25, 0.3) is 43.8 Å². The molecule has 30 heteroatoms. The highest BCUT2D eigenvalue weighted by atomic mass is 79.9. The molecule has 20 nitrogen and oxygen atoms in total.